The molecule has 15 heavy (non-hydrogen) atoms. The molecule has 0 fully saturated rings. The summed E-state index contributed by atoms with van der Waals surface area (Å²) >= 11 is 0. The second-order valence-corrected chi connectivity index (χ2v) is 4.83. The molecule has 0 saturated carbocycles. The van der Waals surface area contributed by atoms with Crippen LogP contribution >= 0.6 is 0 Å². The third-order valence-electron chi connectivity index (χ3n) is 3.84. The summed E-state index contributed by atoms with van der Waals surface area (Å²) in [6.07, 6.45) is 6.54. The number of hydrogen-bond donors (Lipinski definition) is 0. The Morgan fingerprint density at radius 3 is 2.73 bits per heavy atom. The normalized spacial score (nSPS) is 19.3. The van der Waals surface area contributed by atoms with Gasteiger partial charge in [-0.15, -0.1) is 0 Å². The van der Waals surface area contributed by atoms with Crippen molar-refractivity contribution in [2.45, 2.75) is 58.8 Å². The Morgan fingerprint density at radius 2 is 2.07 bits per heavy atom. The van der Waals surface area contributed by atoms with Gasteiger partial charge in [0.15, 0.2) is 0 Å². The summed E-state index contributed by atoms with van der Waals surface area (Å²) in [5.41, 5.74) is 6.53. The first-order chi connectivity index (χ1) is 7.27. The van der Waals surface area contributed by atoms with E-state index in [4.69, 9.17) is 0 Å². The quantitative estimate of drug-likeness (QED) is 0.682. The molecule has 0 N–H and O–H groups in total. The minimum atomic E-state index is 0.849. The summed E-state index contributed by atoms with van der Waals surface area (Å²) in [5, 5.41) is 0. The third kappa shape index (κ3) is 1.82. The smallest absolute Gasteiger partial charge is 0.0156 e. The van der Waals surface area contributed by atoms with Crippen LogP contribution in [-0.4, -0.2) is 0 Å². The fourth-order valence-electron chi connectivity index (χ4n) is 3.01. The van der Waals surface area contributed by atoms with Crippen molar-refractivity contribution in [2.24, 2.45) is 0 Å². The van der Waals surface area contributed by atoms with E-state index in [1.165, 1.54) is 37.7 Å². The lowest BCUT2D eigenvalue weighted by Crippen LogP contribution is -2.00. The van der Waals surface area contributed by atoms with Crippen LogP contribution in [0.1, 0.15) is 61.3 Å². The lowest BCUT2D eigenvalue weighted by atomic mass is 9.89. The maximum atomic E-state index is 2.36. The molecule has 0 heterocycles. The standard InChI is InChI=1S/C15H22/c1-4-6-14-11(3)7-8-13-10-9-12(5-2)15(13)14/h7-8,12H,4-6,9-10H2,1-3H3/t12-/m1/s1. The molecule has 0 amide bonds. The van der Waals surface area contributed by atoms with E-state index < -0.39 is 0 Å². The summed E-state index contributed by atoms with van der Waals surface area (Å²) in [4.78, 5) is 0. The Labute approximate surface area is 93.7 Å². The molecule has 0 heteroatoms. The molecule has 2 rings (SSSR count). The molecule has 0 spiro atoms. The maximum absolute atomic E-state index is 2.36. The Balaban J connectivity index is 2.47. The molecule has 82 valence electrons. The fourth-order valence-corrected chi connectivity index (χ4v) is 3.01. The molecule has 0 saturated heterocycles. The fraction of sp³-hybridized carbons (Fsp3) is 0.600. The molecule has 0 aromatic heterocycles. The van der Waals surface area contributed by atoms with Gasteiger partial charge in [0.25, 0.3) is 0 Å². The van der Waals surface area contributed by atoms with Crippen molar-refractivity contribution in [1.29, 1.82) is 0 Å². The molecule has 0 bridgehead atoms. The zero-order valence-electron chi connectivity index (χ0n) is 10.3. The third-order valence-corrected chi connectivity index (χ3v) is 3.84. The van der Waals surface area contributed by atoms with Gasteiger partial charge in [0.1, 0.15) is 0 Å². The van der Waals surface area contributed by atoms with Crippen molar-refractivity contribution in [1.82, 2.24) is 0 Å². The Bertz CT molecular complexity index is 349. The monoisotopic (exact) mass is 202 g/mol. The first-order valence-corrected chi connectivity index (χ1v) is 6.39. The highest BCUT2D eigenvalue weighted by Gasteiger charge is 2.24. The highest BCUT2D eigenvalue weighted by Crippen LogP contribution is 2.39. The highest BCUT2D eigenvalue weighted by atomic mass is 14.3. The van der Waals surface area contributed by atoms with Gasteiger partial charge in [-0.1, -0.05) is 32.4 Å². The van der Waals surface area contributed by atoms with E-state index >= 15 is 0 Å². The predicted octanol–water partition coefficient (Wildman–Crippen LogP) is 4.39. The summed E-state index contributed by atoms with van der Waals surface area (Å²) in [7, 11) is 0. The van der Waals surface area contributed by atoms with Gasteiger partial charge in [-0.05, 0) is 60.8 Å². The van der Waals surface area contributed by atoms with E-state index in [9.17, 15) is 0 Å². The lowest BCUT2D eigenvalue weighted by molar-refractivity contribution is 0.649. The van der Waals surface area contributed by atoms with Crippen LogP contribution in [0.2, 0.25) is 0 Å². The average Bonchev–Trinajstić information content (AvgIpc) is 2.65. The number of rotatable bonds is 3. The van der Waals surface area contributed by atoms with Gasteiger partial charge in [0.05, 0.1) is 0 Å². The lowest BCUT2D eigenvalue weighted by Gasteiger charge is -2.16. The number of hydrogen-bond acceptors (Lipinski definition) is 0. The second kappa shape index (κ2) is 4.38. The second-order valence-electron chi connectivity index (χ2n) is 4.83. The molecule has 0 nitrogen and oxygen atoms in total. The highest BCUT2D eigenvalue weighted by molar-refractivity contribution is 5.45. The SMILES string of the molecule is CCCc1c(C)ccc2c1[C@H](CC)CC2. The van der Waals surface area contributed by atoms with Gasteiger partial charge in [-0.25, -0.2) is 0 Å². The Hall–Kier alpha value is -0.780. The molecule has 0 radical (unpaired) electrons. The molecule has 0 unspecified atom stereocenters. The van der Waals surface area contributed by atoms with E-state index in [1.54, 1.807) is 16.7 Å². The molecular formula is C15H22. The summed E-state index contributed by atoms with van der Waals surface area (Å²) in [6.45, 7) is 6.89. The van der Waals surface area contributed by atoms with Gasteiger partial charge < -0.3 is 0 Å². The van der Waals surface area contributed by atoms with Crippen molar-refractivity contribution in [3.8, 4) is 0 Å². The summed E-state index contributed by atoms with van der Waals surface area (Å²) in [5.74, 6) is 0.849. The maximum Gasteiger partial charge on any atom is -0.0156 e. The molecular weight excluding hydrogens is 180 g/mol. The van der Waals surface area contributed by atoms with E-state index in [0.717, 1.165) is 5.92 Å². The van der Waals surface area contributed by atoms with Crippen LogP contribution in [0.3, 0.4) is 0 Å². The van der Waals surface area contributed by atoms with Gasteiger partial charge >= 0.3 is 0 Å². The van der Waals surface area contributed by atoms with E-state index in [2.05, 4.69) is 32.9 Å². The molecule has 1 aliphatic rings. The Kier molecular flexibility index (Phi) is 3.14. The summed E-state index contributed by atoms with van der Waals surface area (Å²) in [6, 6.07) is 4.68. The minimum absolute atomic E-state index is 0.849. The number of fused-ring (bicyclic) bond motifs is 1. The number of aryl methyl sites for hydroxylation is 2. The first kappa shape index (κ1) is 10.7. The van der Waals surface area contributed by atoms with Crippen molar-refractivity contribution in [2.75, 3.05) is 0 Å². The van der Waals surface area contributed by atoms with E-state index in [1.807, 2.05) is 0 Å². The van der Waals surface area contributed by atoms with Crippen LogP contribution in [0.4, 0.5) is 0 Å². The molecule has 0 aliphatic heterocycles. The molecule has 1 aliphatic carbocycles. The van der Waals surface area contributed by atoms with Crippen LogP contribution in [0.15, 0.2) is 12.1 Å². The average molecular weight is 202 g/mol. The van der Waals surface area contributed by atoms with Crippen molar-refractivity contribution >= 4 is 0 Å². The van der Waals surface area contributed by atoms with Crippen LogP contribution in [0, 0.1) is 6.92 Å². The van der Waals surface area contributed by atoms with Crippen LogP contribution in [-0.2, 0) is 12.8 Å². The van der Waals surface area contributed by atoms with Gasteiger partial charge in [0, 0.05) is 0 Å². The van der Waals surface area contributed by atoms with Crippen molar-refractivity contribution in [3.63, 3.8) is 0 Å². The zero-order valence-corrected chi connectivity index (χ0v) is 10.3. The van der Waals surface area contributed by atoms with Crippen molar-refractivity contribution < 1.29 is 0 Å². The largest absolute Gasteiger partial charge is 0.0651 e. The Morgan fingerprint density at radius 1 is 1.27 bits per heavy atom. The van der Waals surface area contributed by atoms with Gasteiger partial charge in [-0.3, -0.25) is 0 Å². The van der Waals surface area contributed by atoms with Crippen LogP contribution in [0.5, 0.6) is 0 Å². The zero-order chi connectivity index (χ0) is 10.8. The van der Waals surface area contributed by atoms with Crippen LogP contribution in [0.25, 0.3) is 0 Å². The minimum Gasteiger partial charge on any atom is -0.0651 e. The molecule has 1 atom stereocenters. The van der Waals surface area contributed by atoms with Gasteiger partial charge in [0.2, 0.25) is 0 Å². The van der Waals surface area contributed by atoms with E-state index in [-0.39, 0.29) is 0 Å². The van der Waals surface area contributed by atoms with Gasteiger partial charge in [-0.2, -0.15) is 0 Å². The molecule has 1 aromatic rings. The number of benzene rings is 1. The molecule has 1 aromatic carbocycles. The van der Waals surface area contributed by atoms with Crippen LogP contribution < -0.4 is 0 Å². The summed E-state index contributed by atoms with van der Waals surface area (Å²) < 4.78 is 0. The van der Waals surface area contributed by atoms with Crippen molar-refractivity contribution in [3.05, 3.63) is 34.4 Å². The topological polar surface area (TPSA) is 0 Å². The first-order valence-electron chi connectivity index (χ1n) is 6.39. The predicted molar refractivity (Wildman–Crippen MR) is 66.5 cm³/mol. The van der Waals surface area contributed by atoms with E-state index in [0.29, 0.717) is 0 Å².